The molecule has 7 nitrogen and oxygen atoms in total. The van der Waals surface area contributed by atoms with Gasteiger partial charge in [0.25, 0.3) is 0 Å². The molecule has 2 aromatic rings. The molecule has 2 N–H and O–H groups in total. The summed E-state index contributed by atoms with van der Waals surface area (Å²) in [6, 6.07) is 3.81. The zero-order valence-corrected chi connectivity index (χ0v) is 18.5. The molecule has 4 saturated carbocycles. The molecule has 0 atom stereocenters. The van der Waals surface area contributed by atoms with Crippen LogP contribution in [0.3, 0.4) is 0 Å². The Hall–Kier alpha value is -1.87. The van der Waals surface area contributed by atoms with Gasteiger partial charge in [-0.2, -0.15) is 0 Å². The molecule has 4 aliphatic rings. The average molecular weight is 446 g/mol. The molecule has 9 heteroatoms. The van der Waals surface area contributed by atoms with Crippen LogP contribution in [0.4, 0.5) is 4.79 Å². The summed E-state index contributed by atoms with van der Waals surface area (Å²) in [5, 5.41) is 16.6. The van der Waals surface area contributed by atoms with Crippen LogP contribution in [0.15, 0.2) is 29.0 Å². The first-order valence-corrected chi connectivity index (χ1v) is 12.6. The van der Waals surface area contributed by atoms with Crippen LogP contribution in [-0.4, -0.2) is 38.0 Å². The molecule has 3 amide bonds. The minimum atomic E-state index is -0.346. The maximum absolute atomic E-state index is 12.5. The maximum Gasteiger partial charge on any atom is 0.321 e. The second-order valence-corrected chi connectivity index (χ2v) is 11.1. The van der Waals surface area contributed by atoms with Crippen LogP contribution >= 0.6 is 23.1 Å². The zero-order valence-electron chi connectivity index (χ0n) is 16.9. The highest BCUT2D eigenvalue weighted by molar-refractivity contribution is 7.99. The Bertz CT molecular complexity index is 875. The molecule has 2 heterocycles. The predicted octanol–water partition coefficient (Wildman–Crippen LogP) is 3.47. The molecule has 4 bridgehead atoms. The van der Waals surface area contributed by atoms with Crippen LogP contribution in [0, 0.1) is 17.8 Å². The number of thiophene rings is 1. The van der Waals surface area contributed by atoms with Crippen LogP contribution in [0.1, 0.15) is 43.4 Å². The number of nitrogens with zero attached hydrogens (tertiary/aromatic N) is 3. The molecule has 0 unspecified atom stereocenters. The van der Waals surface area contributed by atoms with Gasteiger partial charge in [-0.3, -0.25) is 10.1 Å². The number of hydrogen-bond acceptors (Lipinski definition) is 6. The smallest absolute Gasteiger partial charge is 0.321 e. The van der Waals surface area contributed by atoms with E-state index in [1.165, 1.54) is 35.9 Å². The van der Waals surface area contributed by atoms with E-state index in [1.54, 1.807) is 17.7 Å². The number of hydrogen-bond donors (Lipinski definition) is 2. The Balaban J connectivity index is 1.09. The van der Waals surface area contributed by atoms with Crippen LogP contribution in [-0.2, 0) is 17.8 Å². The first-order valence-electron chi connectivity index (χ1n) is 10.7. The molecule has 6 rings (SSSR count). The van der Waals surface area contributed by atoms with Crippen molar-refractivity contribution >= 4 is 35.0 Å². The number of aryl methyl sites for hydroxylation is 2. The third-order valence-electron chi connectivity index (χ3n) is 6.76. The number of thioether (sulfide) groups is 1. The average Bonchev–Trinajstić information content (AvgIpc) is 3.34. The van der Waals surface area contributed by atoms with Gasteiger partial charge in [0.2, 0.25) is 5.91 Å². The lowest BCUT2D eigenvalue weighted by Gasteiger charge is -2.56. The van der Waals surface area contributed by atoms with Gasteiger partial charge in [-0.1, -0.05) is 17.8 Å². The fourth-order valence-corrected chi connectivity index (χ4v) is 7.46. The van der Waals surface area contributed by atoms with E-state index in [0.29, 0.717) is 5.16 Å². The number of carbonyl (C=O) groups excluding carboxylic acids is 2. The molecule has 4 fully saturated rings. The highest BCUT2D eigenvalue weighted by atomic mass is 32.2. The van der Waals surface area contributed by atoms with Gasteiger partial charge in [0.15, 0.2) is 5.16 Å². The SMILES string of the molecule is O=C(CSc1nncn1CCc1cccs1)NC(=O)NC12CC3CC(CC(C3)C1)C2. The minimum Gasteiger partial charge on any atom is -0.332 e. The number of rotatable bonds is 7. The van der Waals surface area contributed by atoms with Crippen LogP contribution in [0.5, 0.6) is 0 Å². The Morgan fingerprint density at radius 1 is 1.20 bits per heavy atom. The van der Waals surface area contributed by atoms with Crippen molar-refractivity contribution in [2.45, 2.75) is 62.2 Å². The Labute approximate surface area is 184 Å². The molecule has 30 heavy (non-hydrogen) atoms. The summed E-state index contributed by atoms with van der Waals surface area (Å²) in [7, 11) is 0. The summed E-state index contributed by atoms with van der Waals surface area (Å²) in [4.78, 5) is 26.2. The lowest BCUT2D eigenvalue weighted by molar-refractivity contribution is -0.117. The number of aromatic nitrogens is 3. The largest absolute Gasteiger partial charge is 0.332 e. The number of carbonyl (C=O) groups is 2. The van der Waals surface area contributed by atoms with Crippen molar-refractivity contribution in [3.05, 3.63) is 28.7 Å². The Kier molecular flexibility index (Phi) is 5.58. The first-order chi connectivity index (χ1) is 14.6. The summed E-state index contributed by atoms with van der Waals surface area (Å²) in [5.74, 6) is 2.11. The first kappa shape index (κ1) is 20.1. The van der Waals surface area contributed by atoms with E-state index in [2.05, 4.69) is 32.3 Å². The zero-order chi connectivity index (χ0) is 20.6. The summed E-state index contributed by atoms with van der Waals surface area (Å²) in [6.07, 6.45) is 9.78. The van der Waals surface area contributed by atoms with E-state index in [0.717, 1.165) is 50.0 Å². The predicted molar refractivity (Wildman–Crippen MR) is 116 cm³/mol. The van der Waals surface area contributed by atoms with E-state index in [4.69, 9.17) is 0 Å². The maximum atomic E-state index is 12.5. The standard InChI is InChI=1S/C21H27N5O2S2/c27-18(12-30-20-25-22-13-26(20)4-3-17-2-1-5-29-17)23-19(28)24-21-9-14-6-15(10-21)8-16(7-14)11-21/h1-2,5,13-16H,3-4,6-12H2,(H2,23,24,27,28). The normalized spacial score (nSPS) is 29.1. The topological polar surface area (TPSA) is 88.9 Å². The third kappa shape index (κ3) is 4.42. The molecular weight excluding hydrogens is 418 g/mol. The van der Waals surface area contributed by atoms with Crippen LogP contribution < -0.4 is 10.6 Å². The second-order valence-electron chi connectivity index (χ2n) is 9.13. The molecule has 0 aliphatic heterocycles. The molecule has 0 spiro atoms. The van der Waals surface area contributed by atoms with E-state index in [9.17, 15) is 9.59 Å². The molecule has 0 aromatic carbocycles. The molecule has 4 aliphatic carbocycles. The summed E-state index contributed by atoms with van der Waals surface area (Å²) in [6.45, 7) is 0.768. The van der Waals surface area contributed by atoms with Gasteiger partial charge in [0.05, 0.1) is 5.75 Å². The van der Waals surface area contributed by atoms with Gasteiger partial charge in [-0.25, -0.2) is 4.79 Å². The molecular formula is C21H27N5O2S2. The van der Waals surface area contributed by atoms with E-state index in [-0.39, 0.29) is 23.2 Å². The van der Waals surface area contributed by atoms with Gasteiger partial charge < -0.3 is 9.88 Å². The van der Waals surface area contributed by atoms with Gasteiger partial charge in [-0.15, -0.1) is 21.5 Å². The van der Waals surface area contributed by atoms with Crippen LogP contribution in [0.25, 0.3) is 0 Å². The van der Waals surface area contributed by atoms with Crippen LogP contribution in [0.2, 0.25) is 0 Å². The van der Waals surface area contributed by atoms with Crippen molar-refractivity contribution in [3.8, 4) is 0 Å². The molecule has 2 aromatic heterocycles. The van der Waals surface area contributed by atoms with Crippen molar-refractivity contribution in [1.29, 1.82) is 0 Å². The number of imide groups is 1. The summed E-state index contributed by atoms with van der Waals surface area (Å²) < 4.78 is 1.95. The van der Waals surface area contributed by atoms with E-state index >= 15 is 0 Å². The Morgan fingerprint density at radius 3 is 2.60 bits per heavy atom. The van der Waals surface area contributed by atoms with Gasteiger partial charge in [0, 0.05) is 17.0 Å². The lowest BCUT2D eigenvalue weighted by Crippen LogP contribution is -2.61. The number of nitrogens with one attached hydrogen (secondary N) is 2. The highest BCUT2D eigenvalue weighted by Gasteiger charge is 2.51. The second kappa shape index (κ2) is 8.34. The number of urea groups is 1. The quantitative estimate of drug-likeness (QED) is 0.637. The van der Waals surface area contributed by atoms with Gasteiger partial charge in [0.1, 0.15) is 6.33 Å². The monoisotopic (exact) mass is 445 g/mol. The van der Waals surface area contributed by atoms with Crippen molar-refractivity contribution in [2.24, 2.45) is 17.8 Å². The molecule has 0 saturated heterocycles. The van der Waals surface area contributed by atoms with Gasteiger partial charge >= 0.3 is 6.03 Å². The fraction of sp³-hybridized carbons (Fsp3) is 0.619. The number of amides is 3. The van der Waals surface area contributed by atoms with E-state index < -0.39 is 0 Å². The molecule has 0 radical (unpaired) electrons. The minimum absolute atomic E-state index is 0.0891. The van der Waals surface area contributed by atoms with Gasteiger partial charge in [-0.05, 0) is 74.1 Å². The lowest BCUT2D eigenvalue weighted by atomic mass is 9.53. The highest BCUT2D eigenvalue weighted by Crippen LogP contribution is 2.55. The van der Waals surface area contributed by atoms with Crippen molar-refractivity contribution in [1.82, 2.24) is 25.4 Å². The summed E-state index contributed by atoms with van der Waals surface area (Å²) >= 11 is 3.04. The third-order valence-corrected chi connectivity index (χ3v) is 8.68. The fourth-order valence-electron chi connectivity index (χ4n) is 6.02. The molecule has 160 valence electrons. The van der Waals surface area contributed by atoms with E-state index in [1.807, 2.05) is 10.6 Å². The van der Waals surface area contributed by atoms with Crippen molar-refractivity contribution in [3.63, 3.8) is 0 Å². The van der Waals surface area contributed by atoms with Crippen molar-refractivity contribution in [2.75, 3.05) is 5.75 Å². The Morgan fingerprint density at radius 2 is 1.93 bits per heavy atom. The van der Waals surface area contributed by atoms with Crippen molar-refractivity contribution < 1.29 is 9.59 Å². The summed E-state index contributed by atoms with van der Waals surface area (Å²) in [5.41, 5.74) is -0.0891.